The predicted molar refractivity (Wildman–Crippen MR) is 22.5 cm³/mol. The van der Waals surface area contributed by atoms with Crippen LogP contribution < -0.4 is 0 Å². The summed E-state index contributed by atoms with van der Waals surface area (Å²) in [7, 11) is -5.98. The van der Waals surface area contributed by atoms with E-state index in [9.17, 15) is 26.0 Å². The van der Waals surface area contributed by atoms with E-state index in [1.54, 1.807) is 0 Å². The van der Waals surface area contributed by atoms with Crippen LogP contribution in [0, 0.1) is 0 Å². The summed E-state index contributed by atoms with van der Waals surface area (Å²) >= 11 is 0. The third-order valence-electron chi connectivity index (χ3n) is 0.598. The van der Waals surface area contributed by atoms with Crippen LogP contribution >= 0.6 is 0 Å². The first-order valence-electron chi connectivity index (χ1n) is 1.82. The van der Waals surface area contributed by atoms with Crippen LogP contribution in [-0.4, -0.2) is 24.7 Å². The van der Waals surface area contributed by atoms with E-state index in [4.69, 9.17) is 4.55 Å². The molecule has 0 unspecified atom stereocenters. The van der Waals surface area contributed by atoms with Crippen molar-refractivity contribution in [3.63, 3.8) is 0 Å². The first kappa shape index (κ1) is 9.63. The number of rotatable bonds is 2. The molecule has 0 bridgehead atoms. The molecule has 0 amide bonds. The van der Waals surface area contributed by atoms with Gasteiger partial charge in [-0.1, -0.05) is 0 Å². The second kappa shape index (κ2) is 2.35. The molecule has 0 aromatic rings. The molecule has 0 aromatic heterocycles. The van der Waals surface area contributed by atoms with Crippen LogP contribution in [0.1, 0.15) is 0 Å². The lowest BCUT2D eigenvalue weighted by molar-refractivity contribution is -0.0687. The van der Waals surface area contributed by atoms with Crippen molar-refractivity contribution in [2.75, 3.05) is 0 Å². The highest BCUT2D eigenvalue weighted by atomic mass is 32.2. The minimum absolute atomic E-state index is 4.41. The molecular formula is C2H2F4O3S. The molecule has 0 aromatic carbocycles. The van der Waals surface area contributed by atoms with E-state index in [1.807, 2.05) is 0 Å². The SMILES string of the molecule is O=S(=O)(O)C(F)(F)C(F)F. The van der Waals surface area contributed by atoms with Crippen LogP contribution in [0.15, 0.2) is 0 Å². The fourth-order valence-corrected chi connectivity index (χ4v) is 0.338. The summed E-state index contributed by atoms with van der Waals surface area (Å²) in [4.78, 5) is 0. The molecule has 0 spiro atoms. The normalized spacial score (nSPS) is 14.2. The van der Waals surface area contributed by atoms with Crippen LogP contribution in [0.2, 0.25) is 0 Å². The van der Waals surface area contributed by atoms with Gasteiger partial charge in [-0.2, -0.15) is 17.2 Å². The molecule has 0 aliphatic carbocycles. The first-order chi connectivity index (χ1) is 4.19. The van der Waals surface area contributed by atoms with Gasteiger partial charge in [-0.25, -0.2) is 8.78 Å². The lowest BCUT2D eigenvalue weighted by atomic mass is 10.7. The van der Waals surface area contributed by atoms with Gasteiger partial charge in [-0.3, -0.25) is 4.55 Å². The molecule has 0 rings (SSSR count). The van der Waals surface area contributed by atoms with E-state index in [0.717, 1.165) is 0 Å². The molecule has 1 N–H and O–H groups in total. The van der Waals surface area contributed by atoms with E-state index in [0.29, 0.717) is 0 Å². The minimum Gasteiger partial charge on any atom is -0.281 e. The van der Waals surface area contributed by atoms with Crippen LogP contribution in [0.3, 0.4) is 0 Å². The van der Waals surface area contributed by atoms with Crippen molar-refractivity contribution in [1.29, 1.82) is 0 Å². The van der Waals surface area contributed by atoms with Crippen molar-refractivity contribution in [3.05, 3.63) is 0 Å². The maximum Gasteiger partial charge on any atom is 0.428 e. The van der Waals surface area contributed by atoms with Gasteiger partial charge in [0.25, 0.3) is 0 Å². The maximum absolute atomic E-state index is 11.5. The maximum atomic E-state index is 11.5. The Morgan fingerprint density at radius 2 is 1.60 bits per heavy atom. The first-order valence-corrected chi connectivity index (χ1v) is 3.26. The lowest BCUT2D eigenvalue weighted by Gasteiger charge is -2.09. The van der Waals surface area contributed by atoms with E-state index >= 15 is 0 Å². The lowest BCUT2D eigenvalue weighted by Crippen LogP contribution is -2.35. The fourth-order valence-electron chi connectivity index (χ4n) is 0.113. The zero-order chi connectivity index (χ0) is 8.58. The summed E-state index contributed by atoms with van der Waals surface area (Å²) < 4.78 is 71.3. The van der Waals surface area contributed by atoms with Gasteiger partial charge < -0.3 is 0 Å². The molecule has 8 heteroatoms. The Morgan fingerprint density at radius 1 is 1.30 bits per heavy atom. The summed E-state index contributed by atoms with van der Waals surface area (Å²) in [6.45, 7) is 0. The van der Waals surface area contributed by atoms with Gasteiger partial charge in [-0.15, -0.1) is 0 Å². The third kappa shape index (κ3) is 1.57. The zero-order valence-corrected chi connectivity index (χ0v) is 5.08. The highest BCUT2D eigenvalue weighted by Crippen LogP contribution is 2.27. The van der Waals surface area contributed by atoms with Gasteiger partial charge in [0.2, 0.25) is 0 Å². The highest BCUT2D eigenvalue weighted by Gasteiger charge is 2.53. The van der Waals surface area contributed by atoms with Gasteiger partial charge in [0.05, 0.1) is 0 Å². The zero-order valence-electron chi connectivity index (χ0n) is 4.26. The Labute approximate surface area is 53.4 Å². The van der Waals surface area contributed by atoms with Crippen molar-refractivity contribution in [3.8, 4) is 0 Å². The quantitative estimate of drug-likeness (QED) is 0.506. The van der Waals surface area contributed by atoms with Crippen LogP contribution in [0.5, 0.6) is 0 Å². The standard InChI is InChI=1S/C2H2F4O3S/c3-1(4)2(5,6)10(7,8)9/h1H,(H,7,8,9). The molecule has 0 aliphatic rings. The smallest absolute Gasteiger partial charge is 0.281 e. The fraction of sp³-hybridized carbons (Fsp3) is 1.00. The topological polar surface area (TPSA) is 54.4 Å². The molecule has 0 saturated heterocycles. The second-order valence-electron chi connectivity index (χ2n) is 1.34. The molecule has 0 radical (unpaired) electrons. The summed E-state index contributed by atoms with van der Waals surface area (Å²) in [6.07, 6.45) is -4.41. The Balaban J connectivity index is 4.76. The van der Waals surface area contributed by atoms with E-state index in [2.05, 4.69) is 0 Å². The van der Waals surface area contributed by atoms with Gasteiger partial charge in [0.15, 0.2) is 0 Å². The molecule has 62 valence electrons. The Hall–Kier alpha value is -0.370. The van der Waals surface area contributed by atoms with Crippen LogP contribution in [-0.2, 0) is 10.1 Å². The van der Waals surface area contributed by atoms with Crippen molar-refractivity contribution < 1.29 is 30.5 Å². The summed E-state index contributed by atoms with van der Waals surface area (Å²) in [5, 5.41) is -5.37. The van der Waals surface area contributed by atoms with Gasteiger partial charge >= 0.3 is 21.8 Å². The summed E-state index contributed by atoms with van der Waals surface area (Å²) in [5.41, 5.74) is 0. The molecule has 0 saturated carbocycles. The van der Waals surface area contributed by atoms with E-state index in [-0.39, 0.29) is 0 Å². The average molecular weight is 182 g/mol. The molecule has 10 heavy (non-hydrogen) atoms. The van der Waals surface area contributed by atoms with Crippen molar-refractivity contribution >= 4 is 10.1 Å². The largest absolute Gasteiger partial charge is 0.428 e. The predicted octanol–water partition coefficient (Wildman–Crippen LogP) is 0.732. The second-order valence-corrected chi connectivity index (χ2v) is 2.83. The van der Waals surface area contributed by atoms with E-state index in [1.165, 1.54) is 0 Å². The molecule has 0 atom stereocenters. The Bertz CT molecular complexity index is 207. The summed E-state index contributed by atoms with van der Waals surface area (Å²) in [5.74, 6) is 0. The van der Waals surface area contributed by atoms with Crippen LogP contribution in [0.25, 0.3) is 0 Å². The molecule has 0 aliphatic heterocycles. The molecule has 3 nitrogen and oxygen atoms in total. The van der Waals surface area contributed by atoms with Crippen molar-refractivity contribution in [2.45, 2.75) is 11.7 Å². The Morgan fingerprint density at radius 3 is 1.60 bits per heavy atom. The van der Waals surface area contributed by atoms with Gasteiger partial charge in [0.1, 0.15) is 0 Å². The van der Waals surface area contributed by atoms with Gasteiger partial charge in [-0.05, 0) is 0 Å². The number of halogens is 4. The van der Waals surface area contributed by atoms with Crippen LogP contribution in [0.4, 0.5) is 17.6 Å². The minimum atomic E-state index is -5.98. The average Bonchev–Trinajstić information content (AvgIpc) is 1.62. The van der Waals surface area contributed by atoms with Crippen molar-refractivity contribution in [1.82, 2.24) is 0 Å². The third-order valence-corrected chi connectivity index (χ3v) is 1.46. The van der Waals surface area contributed by atoms with E-state index < -0.39 is 21.8 Å². The monoisotopic (exact) mass is 182 g/mol. The molecular weight excluding hydrogens is 180 g/mol. The number of alkyl halides is 4. The Kier molecular flexibility index (Phi) is 2.26. The molecule has 0 fully saturated rings. The summed E-state index contributed by atoms with van der Waals surface area (Å²) in [6, 6.07) is 0. The molecule has 0 heterocycles. The highest BCUT2D eigenvalue weighted by molar-refractivity contribution is 7.86. The number of hydrogen-bond acceptors (Lipinski definition) is 2. The van der Waals surface area contributed by atoms with Crippen molar-refractivity contribution in [2.24, 2.45) is 0 Å². The number of hydrogen-bond donors (Lipinski definition) is 1. The van der Waals surface area contributed by atoms with Gasteiger partial charge in [0, 0.05) is 0 Å².